The van der Waals surface area contributed by atoms with Gasteiger partial charge < -0.3 is 15.4 Å². The maximum absolute atomic E-state index is 12.8. The summed E-state index contributed by atoms with van der Waals surface area (Å²) in [6.45, 7) is 3.86. The minimum Gasteiger partial charge on any atom is -0.497 e. The van der Waals surface area contributed by atoms with Crippen molar-refractivity contribution in [1.82, 2.24) is 20.5 Å². The molecule has 0 unspecified atom stereocenters. The number of hydrogen-bond acceptors (Lipinski definition) is 6. The van der Waals surface area contributed by atoms with Gasteiger partial charge in [0.15, 0.2) is 15.7 Å². The molecule has 0 bridgehead atoms. The van der Waals surface area contributed by atoms with Crippen LogP contribution in [-0.4, -0.2) is 34.1 Å². The minimum absolute atomic E-state index is 0.274. The smallest absolute Gasteiger partial charge is 0.281 e. The van der Waals surface area contributed by atoms with Crippen molar-refractivity contribution < 1.29 is 14.3 Å². The van der Waals surface area contributed by atoms with Crippen LogP contribution in [0.4, 0.5) is 5.82 Å². The summed E-state index contributed by atoms with van der Waals surface area (Å²) in [5.41, 5.74) is 1.31. The molecule has 0 aliphatic carbocycles. The lowest BCUT2D eigenvalue weighted by atomic mass is 9.94. The number of nitrogens with zero attached hydrogens (tertiary/aromatic N) is 2. The van der Waals surface area contributed by atoms with Gasteiger partial charge in [-0.2, -0.15) is 5.10 Å². The van der Waals surface area contributed by atoms with Crippen LogP contribution < -0.4 is 15.4 Å². The Hall–Kier alpha value is -3.72. The first-order chi connectivity index (χ1) is 14.9. The number of benzene rings is 2. The van der Waals surface area contributed by atoms with Crippen LogP contribution in [0.15, 0.2) is 54.6 Å². The molecule has 0 spiro atoms. The molecule has 4 rings (SSSR count). The third kappa shape index (κ3) is 4.26. The molecule has 0 atom stereocenters. The Morgan fingerprint density at radius 3 is 2.42 bits per heavy atom. The molecule has 2 amide bonds. The van der Waals surface area contributed by atoms with Crippen molar-refractivity contribution in [2.75, 3.05) is 12.4 Å². The van der Waals surface area contributed by atoms with E-state index in [1.54, 1.807) is 31.4 Å². The first-order valence-electron chi connectivity index (χ1n) is 9.56. The number of rotatable bonds is 6. The molecule has 2 aromatic heterocycles. The number of aromatic nitrogens is 3. The second-order valence-electron chi connectivity index (χ2n) is 7.40. The van der Waals surface area contributed by atoms with Gasteiger partial charge in [0.2, 0.25) is 0 Å². The molecule has 0 fully saturated rings. The number of aromatic amines is 1. The maximum Gasteiger partial charge on any atom is 0.281 e. The Kier molecular flexibility index (Phi) is 5.43. The standard InChI is InChI=1S/C22H21N5O3S/c1-22(2,14-7-5-4-6-8-14)25-19(29)21-23-16-17(26-27-20(16)31-21)24-18(28)13-9-11-15(30-3)12-10-13/h4-12H,1-3H3,(H,25,29)(H2,24,26,27,28). The summed E-state index contributed by atoms with van der Waals surface area (Å²) in [4.78, 5) is 30.3. The van der Waals surface area contributed by atoms with Gasteiger partial charge >= 0.3 is 0 Å². The fourth-order valence-electron chi connectivity index (χ4n) is 3.09. The van der Waals surface area contributed by atoms with E-state index < -0.39 is 5.54 Å². The monoisotopic (exact) mass is 435 g/mol. The summed E-state index contributed by atoms with van der Waals surface area (Å²) in [6.07, 6.45) is 0. The molecule has 0 saturated heterocycles. The number of hydrogen-bond donors (Lipinski definition) is 3. The highest BCUT2D eigenvalue weighted by Crippen LogP contribution is 2.27. The van der Waals surface area contributed by atoms with E-state index >= 15 is 0 Å². The van der Waals surface area contributed by atoms with Crippen LogP contribution in [0.25, 0.3) is 10.3 Å². The van der Waals surface area contributed by atoms with Gasteiger partial charge in [-0.3, -0.25) is 14.7 Å². The predicted molar refractivity (Wildman–Crippen MR) is 120 cm³/mol. The Balaban J connectivity index is 1.51. The molecule has 158 valence electrons. The van der Waals surface area contributed by atoms with Crippen LogP contribution in [-0.2, 0) is 5.54 Å². The topological polar surface area (TPSA) is 109 Å². The van der Waals surface area contributed by atoms with Crippen molar-refractivity contribution >= 4 is 39.3 Å². The number of H-pyrrole nitrogens is 1. The Morgan fingerprint density at radius 2 is 1.74 bits per heavy atom. The van der Waals surface area contributed by atoms with Crippen molar-refractivity contribution in [3.63, 3.8) is 0 Å². The number of amides is 2. The van der Waals surface area contributed by atoms with E-state index in [-0.39, 0.29) is 16.8 Å². The summed E-state index contributed by atoms with van der Waals surface area (Å²) in [5, 5.41) is 13.0. The van der Waals surface area contributed by atoms with E-state index in [1.165, 1.54) is 0 Å². The lowest BCUT2D eigenvalue weighted by molar-refractivity contribution is 0.0911. The third-order valence-electron chi connectivity index (χ3n) is 4.82. The molecule has 2 aromatic carbocycles. The average molecular weight is 436 g/mol. The molecular formula is C22H21N5O3S. The molecule has 0 saturated carbocycles. The summed E-state index contributed by atoms with van der Waals surface area (Å²) in [6, 6.07) is 16.4. The van der Waals surface area contributed by atoms with Gasteiger partial charge in [-0.05, 0) is 43.7 Å². The number of fused-ring (bicyclic) bond motifs is 1. The van der Waals surface area contributed by atoms with Crippen molar-refractivity contribution in [1.29, 1.82) is 0 Å². The fraction of sp³-hybridized carbons (Fsp3) is 0.182. The van der Waals surface area contributed by atoms with Gasteiger partial charge in [-0.15, -0.1) is 0 Å². The molecule has 0 aliphatic rings. The highest BCUT2D eigenvalue weighted by molar-refractivity contribution is 7.20. The number of methoxy groups -OCH3 is 1. The van der Waals surface area contributed by atoms with Crippen molar-refractivity contribution in [2.24, 2.45) is 0 Å². The van der Waals surface area contributed by atoms with Gasteiger partial charge in [0.05, 0.1) is 12.6 Å². The zero-order valence-corrected chi connectivity index (χ0v) is 18.0. The largest absolute Gasteiger partial charge is 0.497 e. The summed E-state index contributed by atoms with van der Waals surface area (Å²) in [5.74, 6) is 0.379. The first-order valence-corrected chi connectivity index (χ1v) is 10.4. The zero-order valence-electron chi connectivity index (χ0n) is 17.2. The highest BCUT2D eigenvalue weighted by atomic mass is 32.1. The second-order valence-corrected chi connectivity index (χ2v) is 8.38. The molecular weight excluding hydrogens is 414 g/mol. The van der Waals surface area contributed by atoms with E-state index in [1.807, 2.05) is 44.2 Å². The van der Waals surface area contributed by atoms with E-state index in [2.05, 4.69) is 25.8 Å². The van der Waals surface area contributed by atoms with Crippen LogP contribution in [0.1, 0.15) is 39.6 Å². The number of anilines is 1. The lowest BCUT2D eigenvalue weighted by Crippen LogP contribution is -2.40. The van der Waals surface area contributed by atoms with Gasteiger partial charge in [0, 0.05) is 5.56 Å². The van der Waals surface area contributed by atoms with Crippen molar-refractivity contribution in [3.05, 3.63) is 70.7 Å². The van der Waals surface area contributed by atoms with E-state index in [9.17, 15) is 9.59 Å². The van der Waals surface area contributed by atoms with Crippen LogP contribution in [0.3, 0.4) is 0 Å². The van der Waals surface area contributed by atoms with E-state index in [0.29, 0.717) is 27.5 Å². The summed E-state index contributed by atoms with van der Waals surface area (Å²) < 4.78 is 5.11. The molecule has 31 heavy (non-hydrogen) atoms. The predicted octanol–water partition coefficient (Wildman–Crippen LogP) is 3.95. The summed E-state index contributed by atoms with van der Waals surface area (Å²) >= 11 is 1.16. The number of carbonyl (C=O) groups is 2. The van der Waals surface area contributed by atoms with Gasteiger partial charge in [0.25, 0.3) is 11.8 Å². The van der Waals surface area contributed by atoms with Gasteiger partial charge in [0.1, 0.15) is 11.3 Å². The quantitative estimate of drug-likeness (QED) is 0.425. The van der Waals surface area contributed by atoms with Gasteiger partial charge in [-0.25, -0.2) is 4.98 Å². The Bertz CT molecular complexity index is 1230. The molecule has 0 radical (unpaired) electrons. The van der Waals surface area contributed by atoms with E-state index in [4.69, 9.17) is 4.74 Å². The van der Waals surface area contributed by atoms with Crippen LogP contribution in [0.5, 0.6) is 5.75 Å². The molecule has 4 aromatic rings. The minimum atomic E-state index is -0.570. The number of carbonyl (C=O) groups excluding carboxylic acids is 2. The average Bonchev–Trinajstić information content (AvgIpc) is 3.36. The highest BCUT2D eigenvalue weighted by Gasteiger charge is 2.26. The first kappa shape index (κ1) is 20.5. The van der Waals surface area contributed by atoms with Gasteiger partial charge in [-0.1, -0.05) is 41.7 Å². The summed E-state index contributed by atoms with van der Waals surface area (Å²) in [7, 11) is 1.56. The second kappa shape index (κ2) is 8.19. The van der Waals surface area contributed by atoms with Crippen molar-refractivity contribution in [2.45, 2.75) is 19.4 Å². The van der Waals surface area contributed by atoms with E-state index in [0.717, 1.165) is 16.9 Å². The molecule has 8 nitrogen and oxygen atoms in total. The Labute approximate surface area is 182 Å². The fourth-order valence-corrected chi connectivity index (χ4v) is 3.89. The van der Waals surface area contributed by atoms with Crippen LogP contribution in [0.2, 0.25) is 0 Å². The molecule has 2 heterocycles. The lowest BCUT2D eigenvalue weighted by Gasteiger charge is -2.26. The number of thiazole rings is 1. The zero-order chi connectivity index (χ0) is 22.0. The number of nitrogens with one attached hydrogen (secondary N) is 3. The van der Waals surface area contributed by atoms with Crippen LogP contribution >= 0.6 is 11.3 Å². The molecule has 3 N–H and O–H groups in total. The molecule has 9 heteroatoms. The normalized spacial score (nSPS) is 11.3. The Morgan fingerprint density at radius 1 is 1.03 bits per heavy atom. The SMILES string of the molecule is COc1ccc(C(=O)Nc2[nH]nc3sc(C(=O)NC(C)(C)c4ccccc4)nc23)cc1. The molecule has 0 aliphatic heterocycles. The van der Waals surface area contributed by atoms with Crippen molar-refractivity contribution in [3.8, 4) is 5.75 Å². The number of ether oxygens (including phenoxy) is 1. The maximum atomic E-state index is 12.8. The van der Waals surface area contributed by atoms with Crippen LogP contribution in [0, 0.1) is 0 Å². The third-order valence-corrected chi connectivity index (χ3v) is 5.77.